The van der Waals surface area contributed by atoms with E-state index in [1.807, 2.05) is 19.3 Å². The summed E-state index contributed by atoms with van der Waals surface area (Å²) in [5.74, 6) is 0.792. The highest BCUT2D eigenvalue weighted by Crippen LogP contribution is 2.35. The van der Waals surface area contributed by atoms with Crippen LogP contribution in [-0.2, 0) is 6.42 Å². The van der Waals surface area contributed by atoms with Crippen molar-refractivity contribution in [2.75, 3.05) is 17.7 Å². The third kappa shape index (κ3) is 4.62. The van der Waals surface area contributed by atoms with Gasteiger partial charge in [0, 0.05) is 48.0 Å². The zero-order valence-corrected chi connectivity index (χ0v) is 17.9. The molecule has 29 heavy (non-hydrogen) atoms. The molecule has 1 saturated carbocycles. The molecule has 3 aromatic rings. The van der Waals surface area contributed by atoms with Crippen LogP contribution in [0.4, 0.5) is 11.5 Å². The molecule has 4 rings (SSSR count). The molecule has 0 aliphatic heterocycles. The van der Waals surface area contributed by atoms with Crippen LogP contribution >= 0.6 is 12.4 Å². The third-order valence-corrected chi connectivity index (χ3v) is 5.55. The van der Waals surface area contributed by atoms with Gasteiger partial charge in [-0.3, -0.25) is 0 Å². The second-order valence-electron chi connectivity index (χ2n) is 7.65. The van der Waals surface area contributed by atoms with Gasteiger partial charge in [-0.05, 0) is 38.2 Å². The molecule has 1 aliphatic carbocycles. The number of nitrogens with two attached hydrogens (primary N) is 1. The molecule has 3 aromatic heterocycles. The smallest absolute Gasteiger partial charge is 0.139 e. The first-order chi connectivity index (χ1) is 13.7. The summed E-state index contributed by atoms with van der Waals surface area (Å²) < 4.78 is 0. The number of hydrogen-bond donors (Lipinski definition) is 4. The largest absolute Gasteiger partial charge is 0.381 e. The number of anilines is 2. The Hall–Kier alpha value is -2.38. The molecule has 1 aliphatic rings. The van der Waals surface area contributed by atoms with E-state index in [1.54, 1.807) is 6.33 Å². The van der Waals surface area contributed by atoms with E-state index in [-0.39, 0.29) is 12.4 Å². The predicted octanol–water partition coefficient (Wildman–Crippen LogP) is 4.12. The minimum Gasteiger partial charge on any atom is -0.381 e. The van der Waals surface area contributed by atoms with Crippen LogP contribution in [0.1, 0.15) is 44.7 Å². The van der Waals surface area contributed by atoms with Crippen LogP contribution in [0.15, 0.2) is 24.7 Å². The van der Waals surface area contributed by atoms with Gasteiger partial charge in [0.2, 0.25) is 0 Å². The fraction of sp³-hybridized carbons (Fsp3) is 0.476. The summed E-state index contributed by atoms with van der Waals surface area (Å²) in [5.41, 5.74) is 11.2. The SMILES string of the molecule is CCCc1cc2c(N[C@H]3CC[C@H](N)CC3)c(-c3cc(NC)ncn3)cnc2[nH]1.Cl. The summed E-state index contributed by atoms with van der Waals surface area (Å²) >= 11 is 0. The van der Waals surface area contributed by atoms with Crippen molar-refractivity contribution in [3.63, 3.8) is 0 Å². The van der Waals surface area contributed by atoms with Crippen LogP contribution in [0, 0.1) is 0 Å². The summed E-state index contributed by atoms with van der Waals surface area (Å²) in [6.45, 7) is 2.19. The van der Waals surface area contributed by atoms with Gasteiger partial charge in [0.1, 0.15) is 17.8 Å². The number of fused-ring (bicyclic) bond motifs is 1. The normalized spacial score (nSPS) is 19.0. The van der Waals surface area contributed by atoms with Crippen molar-refractivity contribution in [2.45, 2.75) is 57.5 Å². The summed E-state index contributed by atoms with van der Waals surface area (Å²) in [6, 6.07) is 4.94. The van der Waals surface area contributed by atoms with Gasteiger partial charge < -0.3 is 21.4 Å². The second-order valence-corrected chi connectivity index (χ2v) is 7.65. The monoisotopic (exact) mass is 415 g/mol. The number of nitrogens with one attached hydrogen (secondary N) is 3. The molecule has 0 bridgehead atoms. The van der Waals surface area contributed by atoms with E-state index in [1.165, 1.54) is 5.69 Å². The van der Waals surface area contributed by atoms with Crippen molar-refractivity contribution in [3.8, 4) is 11.3 Å². The molecule has 7 nitrogen and oxygen atoms in total. The maximum absolute atomic E-state index is 6.10. The number of aromatic amines is 1. The van der Waals surface area contributed by atoms with E-state index in [0.717, 1.165) is 72.3 Å². The van der Waals surface area contributed by atoms with Crippen LogP contribution in [0.25, 0.3) is 22.3 Å². The van der Waals surface area contributed by atoms with E-state index < -0.39 is 0 Å². The molecule has 5 N–H and O–H groups in total. The molecular formula is C21H30ClN7. The summed E-state index contributed by atoms with van der Waals surface area (Å²) in [4.78, 5) is 16.9. The minimum atomic E-state index is 0. The lowest BCUT2D eigenvalue weighted by molar-refractivity contribution is 0.411. The number of hydrogen-bond acceptors (Lipinski definition) is 6. The van der Waals surface area contributed by atoms with Crippen LogP contribution in [0.3, 0.4) is 0 Å². The first-order valence-electron chi connectivity index (χ1n) is 10.2. The standard InChI is InChI=1S/C21H29N7.ClH/c1-3-4-15-9-16-20(27-14-7-5-13(22)6-8-14)17(11-24-21(16)28-15)18-10-19(23-2)26-12-25-18;/h9-14H,3-8,22H2,1-2H3,(H,23,25,26)(H2,24,27,28);1H/t13-,14-;. The molecule has 3 heterocycles. The average Bonchev–Trinajstić information content (AvgIpc) is 3.13. The number of nitrogens with zero attached hydrogens (tertiary/aromatic N) is 3. The van der Waals surface area contributed by atoms with Gasteiger partial charge in [0.25, 0.3) is 0 Å². The summed E-state index contributed by atoms with van der Waals surface area (Å²) in [7, 11) is 1.86. The molecule has 0 unspecified atom stereocenters. The Kier molecular flexibility index (Phi) is 6.92. The Morgan fingerprint density at radius 2 is 1.93 bits per heavy atom. The van der Waals surface area contributed by atoms with Gasteiger partial charge in [0.05, 0.1) is 11.4 Å². The fourth-order valence-electron chi connectivity index (χ4n) is 3.99. The highest BCUT2D eigenvalue weighted by Gasteiger charge is 2.22. The summed E-state index contributed by atoms with van der Waals surface area (Å²) in [6.07, 6.45) is 9.91. The van der Waals surface area contributed by atoms with Crippen molar-refractivity contribution < 1.29 is 0 Å². The zero-order valence-electron chi connectivity index (χ0n) is 17.0. The third-order valence-electron chi connectivity index (χ3n) is 5.55. The van der Waals surface area contributed by atoms with E-state index in [2.05, 4.69) is 43.6 Å². The molecule has 8 heteroatoms. The molecule has 0 atom stereocenters. The Labute approximate surface area is 177 Å². The number of halogens is 1. The Balaban J connectivity index is 0.00000240. The van der Waals surface area contributed by atoms with Crippen molar-refractivity contribution in [1.29, 1.82) is 0 Å². The topological polar surface area (TPSA) is 105 Å². The molecule has 0 radical (unpaired) electrons. The molecule has 0 amide bonds. The van der Waals surface area contributed by atoms with Crippen LogP contribution in [0.5, 0.6) is 0 Å². The predicted molar refractivity (Wildman–Crippen MR) is 122 cm³/mol. The Morgan fingerprint density at radius 3 is 2.66 bits per heavy atom. The van der Waals surface area contributed by atoms with Gasteiger partial charge in [-0.1, -0.05) is 13.3 Å². The quantitative estimate of drug-likeness (QED) is 0.482. The molecule has 0 spiro atoms. The van der Waals surface area contributed by atoms with Crippen LogP contribution in [0.2, 0.25) is 0 Å². The maximum Gasteiger partial charge on any atom is 0.139 e. The van der Waals surface area contributed by atoms with Crippen LogP contribution in [-0.4, -0.2) is 39.1 Å². The first-order valence-corrected chi connectivity index (χ1v) is 10.2. The van der Waals surface area contributed by atoms with Gasteiger partial charge in [-0.25, -0.2) is 15.0 Å². The van der Waals surface area contributed by atoms with E-state index in [9.17, 15) is 0 Å². The molecular weight excluding hydrogens is 386 g/mol. The number of aryl methyl sites for hydroxylation is 1. The van der Waals surface area contributed by atoms with Gasteiger partial charge in [0.15, 0.2) is 0 Å². The van der Waals surface area contributed by atoms with Crippen molar-refractivity contribution in [1.82, 2.24) is 19.9 Å². The Bertz CT molecular complexity index is 947. The highest BCUT2D eigenvalue weighted by atomic mass is 35.5. The fourth-order valence-corrected chi connectivity index (χ4v) is 3.99. The number of aromatic nitrogens is 4. The zero-order chi connectivity index (χ0) is 19.5. The molecule has 0 saturated heterocycles. The minimum absolute atomic E-state index is 0. The van der Waals surface area contributed by atoms with Crippen molar-refractivity contribution in [2.24, 2.45) is 5.73 Å². The lowest BCUT2D eigenvalue weighted by atomic mass is 9.91. The van der Waals surface area contributed by atoms with Gasteiger partial charge in [-0.15, -0.1) is 12.4 Å². The maximum atomic E-state index is 6.10. The van der Waals surface area contributed by atoms with E-state index >= 15 is 0 Å². The second kappa shape index (κ2) is 9.41. The number of H-pyrrole nitrogens is 1. The summed E-state index contributed by atoms with van der Waals surface area (Å²) in [5, 5.41) is 8.02. The Morgan fingerprint density at radius 1 is 1.14 bits per heavy atom. The average molecular weight is 416 g/mol. The van der Waals surface area contributed by atoms with Crippen molar-refractivity contribution >= 4 is 34.9 Å². The highest BCUT2D eigenvalue weighted by molar-refractivity contribution is 5.98. The molecule has 1 fully saturated rings. The first kappa shape index (κ1) is 21.3. The lowest BCUT2D eigenvalue weighted by Crippen LogP contribution is -2.33. The molecule has 0 aromatic carbocycles. The van der Waals surface area contributed by atoms with Crippen LogP contribution < -0.4 is 16.4 Å². The lowest BCUT2D eigenvalue weighted by Gasteiger charge is -2.28. The van der Waals surface area contributed by atoms with E-state index in [4.69, 9.17) is 5.73 Å². The molecule has 156 valence electrons. The number of pyridine rings is 1. The van der Waals surface area contributed by atoms with Gasteiger partial charge in [-0.2, -0.15) is 0 Å². The van der Waals surface area contributed by atoms with E-state index in [0.29, 0.717) is 12.1 Å². The number of rotatable bonds is 6. The van der Waals surface area contributed by atoms with Crippen molar-refractivity contribution in [3.05, 3.63) is 30.4 Å². The van der Waals surface area contributed by atoms with Gasteiger partial charge >= 0.3 is 0 Å².